The number of carbonyl (C=O) groups excluding carboxylic acids is 1. The summed E-state index contributed by atoms with van der Waals surface area (Å²) in [7, 11) is 0. The quantitative estimate of drug-likeness (QED) is 0.716. The van der Waals surface area contributed by atoms with E-state index in [1.165, 1.54) is 0 Å². The molecule has 0 unspecified atom stereocenters. The Balaban J connectivity index is 2.41. The Hall–Kier alpha value is -1.42. The Kier molecular flexibility index (Phi) is 4.77. The molecule has 0 radical (unpaired) electrons. The van der Waals surface area contributed by atoms with Gasteiger partial charge in [0.1, 0.15) is 0 Å². The molecule has 0 aliphatic heterocycles. The molecule has 15 heavy (non-hydrogen) atoms. The number of anilines is 1. The minimum Gasteiger partial charge on any atom is -0.324 e. The summed E-state index contributed by atoms with van der Waals surface area (Å²) in [5.41, 5.74) is 1.82. The van der Waals surface area contributed by atoms with Gasteiger partial charge in [-0.2, -0.15) is 0 Å². The molecule has 0 saturated carbocycles. The van der Waals surface area contributed by atoms with Gasteiger partial charge in [0.05, 0.1) is 11.9 Å². The van der Waals surface area contributed by atoms with Crippen LogP contribution >= 0.6 is 0 Å². The first-order chi connectivity index (χ1) is 7.24. The predicted molar refractivity (Wildman–Crippen MR) is 60.8 cm³/mol. The zero-order chi connectivity index (χ0) is 11.1. The van der Waals surface area contributed by atoms with Gasteiger partial charge in [0.2, 0.25) is 5.91 Å². The van der Waals surface area contributed by atoms with Crippen LogP contribution in [0, 0.1) is 6.92 Å². The summed E-state index contributed by atoms with van der Waals surface area (Å²) in [5, 5.41) is 5.93. The van der Waals surface area contributed by atoms with Crippen molar-refractivity contribution in [3.05, 3.63) is 24.0 Å². The van der Waals surface area contributed by atoms with E-state index < -0.39 is 0 Å². The number of hydrogen-bond donors (Lipinski definition) is 2. The Bertz CT molecular complexity index is 325. The summed E-state index contributed by atoms with van der Waals surface area (Å²) in [6, 6.07) is 1.87. The molecule has 82 valence electrons. The van der Waals surface area contributed by atoms with Crippen LogP contribution in [-0.4, -0.2) is 24.0 Å². The van der Waals surface area contributed by atoms with Crippen LogP contribution in [0.2, 0.25) is 0 Å². The molecule has 4 nitrogen and oxygen atoms in total. The topological polar surface area (TPSA) is 54.0 Å². The minimum atomic E-state index is 0.0204. The van der Waals surface area contributed by atoms with E-state index in [2.05, 4.69) is 15.6 Å². The van der Waals surface area contributed by atoms with Crippen molar-refractivity contribution in [1.82, 2.24) is 10.3 Å². The maximum absolute atomic E-state index is 11.5. The molecule has 0 aliphatic carbocycles. The van der Waals surface area contributed by atoms with Crippen LogP contribution in [-0.2, 0) is 4.79 Å². The highest BCUT2D eigenvalue weighted by molar-refractivity contribution is 5.91. The number of rotatable bonds is 5. The first kappa shape index (κ1) is 11.7. The van der Waals surface area contributed by atoms with Crippen LogP contribution in [0.1, 0.15) is 18.9 Å². The van der Waals surface area contributed by atoms with E-state index in [-0.39, 0.29) is 5.91 Å². The standard InChI is InChI=1S/C11H17N3O/c1-3-12-7-5-11(15)14-10-8-13-6-4-9(10)2/h4,6,8,12H,3,5,7H2,1-2H3,(H,14,15). The van der Waals surface area contributed by atoms with Gasteiger partial charge in [-0.05, 0) is 25.1 Å². The molecule has 0 saturated heterocycles. The molecule has 0 fully saturated rings. The zero-order valence-corrected chi connectivity index (χ0v) is 9.21. The van der Waals surface area contributed by atoms with Gasteiger partial charge in [-0.15, -0.1) is 0 Å². The van der Waals surface area contributed by atoms with Gasteiger partial charge in [0.15, 0.2) is 0 Å². The van der Waals surface area contributed by atoms with Gasteiger partial charge in [-0.1, -0.05) is 6.92 Å². The van der Waals surface area contributed by atoms with Crippen LogP contribution in [0.3, 0.4) is 0 Å². The number of aromatic nitrogens is 1. The van der Waals surface area contributed by atoms with E-state index in [9.17, 15) is 4.79 Å². The second-order valence-electron chi connectivity index (χ2n) is 3.34. The number of carbonyl (C=O) groups is 1. The fourth-order valence-corrected chi connectivity index (χ4v) is 1.19. The predicted octanol–water partition coefficient (Wildman–Crippen LogP) is 1.33. The molecular formula is C11H17N3O. The molecule has 1 rings (SSSR count). The number of amides is 1. The highest BCUT2D eigenvalue weighted by Gasteiger charge is 2.03. The van der Waals surface area contributed by atoms with Crippen LogP contribution in [0.5, 0.6) is 0 Å². The van der Waals surface area contributed by atoms with Crippen LogP contribution in [0.25, 0.3) is 0 Å². The van der Waals surface area contributed by atoms with Gasteiger partial charge >= 0.3 is 0 Å². The van der Waals surface area contributed by atoms with Gasteiger partial charge in [0.25, 0.3) is 0 Å². The molecule has 0 aliphatic rings. The molecule has 4 heteroatoms. The fraction of sp³-hybridized carbons (Fsp3) is 0.455. The van der Waals surface area contributed by atoms with Crippen molar-refractivity contribution in [3.63, 3.8) is 0 Å². The van der Waals surface area contributed by atoms with E-state index in [1.807, 2.05) is 19.9 Å². The molecule has 0 aromatic carbocycles. The second-order valence-corrected chi connectivity index (χ2v) is 3.34. The maximum Gasteiger partial charge on any atom is 0.225 e. The molecule has 0 spiro atoms. The number of nitrogens with one attached hydrogen (secondary N) is 2. The van der Waals surface area contributed by atoms with Gasteiger partial charge in [0, 0.05) is 19.2 Å². The number of hydrogen-bond acceptors (Lipinski definition) is 3. The largest absolute Gasteiger partial charge is 0.324 e. The monoisotopic (exact) mass is 207 g/mol. The highest BCUT2D eigenvalue weighted by Crippen LogP contribution is 2.11. The maximum atomic E-state index is 11.5. The first-order valence-electron chi connectivity index (χ1n) is 5.15. The lowest BCUT2D eigenvalue weighted by Crippen LogP contribution is -2.21. The third-order valence-corrected chi connectivity index (χ3v) is 2.09. The smallest absolute Gasteiger partial charge is 0.225 e. The van der Waals surface area contributed by atoms with E-state index in [0.29, 0.717) is 13.0 Å². The summed E-state index contributed by atoms with van der Waals surface area (Å²) in [5.74, 6) is 0.0204. The molecule has 1 amide bonds. The van der Waals surface area contributed by atoms with E-state index in [4.69, 9.17) is 0 Å². The van der Waals surface area contributed by atoms with Gasteiger partial charge in [-0.3, -0.25) is 9.78 Å². The fourth-order valence-electron chi connectivity index (χ4n) is 1.19. The summed E-state index contributed by atoms with van der Waals surface area (Å²) in [4.78, 5) is 15.4. The molecular weight excluding hydrogens is 190 g/mol. The van der Waals surface area contributed by atoms with E-state index >= 15 is 0 Å². The number of aryl methyl sites for hydroxylation is 1. The van der Waals surface area contributed by atoms with Crippen molar-refractivity contribution in [3.8, 4) is 0 Å². The summed E-state index contributed by atoms with van der Waals surface area (Å²) in [6.07, 6.45) is 3.87. The average Bonchev–Trinajstić information content (AvgIpc) is 2.22. The third kappa shape index (κ3) is 4.08. The van der Waals surface area contributed by atoms with Crippen molar-refractivity contribution in [2.45, 2.75) is 20.3 Å². The number of nitrogens with zero attached hydrogens (tertiary/aromatic N) is 1. The van der Waals surface area contributed by atoms with Crippen LogP contribution < -0.4 is 10.6 Å². The minimum absolute atomic E-state index is 0.0204. The second kappa shape index (κ2) is 6.14. The van der Waals surface area contributed by atoms with Crippen molar-refractivity contribution in [1.29, 1.82) is 0 Å². The summed E-state index contributed by atoms with van der Waals surface area (Å²) >= 11 is 0. The summed E-state index contributed by atoms with van der Waals surface area (Å²) < 4.78 is 0. The third-order valence-electron chi connectivity index (χ3n) is 2.09. The lowest BCUT2D eigenvalue weighted by atomic mass is 10.2. The molecule has 0 atom stereocenters. The molecule has 0 bridgehead atoms. The average molecular weight is 207 g/mol. The van der Waals surface area contributed by atoms with Crippen LogP contribution in [0.4, 0.5) is 5.69 Å². The Morgan fingerprint density at radius 2 is 2.33 bits per heavy atom. The van der Waals surface area contributed by atoms with E-state index in [0.717, 1.165) is 17.8 Å². The van der Waals surface area contributed by atoms with Crippen LogP contribution in [0.15, 0.2) is 18.5 Å². The summed E-state index contributed by atoms with van der Waals surface area (Å²) in [6.45, 7) is 5.56. The van der Waals surface area contributed by atoms with Gasteiger partial charge in [-0.25, -0.2) is 0 Å². The van der Waals surface area contributed by atoms with Crippen molar-refractivity contribution >= 4 is 11.6 Å². The highest BCUT2D eigenvalue weighted by atomic mass is 16.1. The normalized spacial score (nSPS) is 10.0. The van der Waals surface area contributed by atoms with Crippen molar-refractivity contribution < 1.29 is 4.79 Å². The van der Waals surface area contributed by atoms with Crippen molar-refractivity contribution in [2.24, 2.45) is 0 Å². The van der Waals surface area contributed by atoms with Crippen molar-refractivity contribution in [2.75, 3.05) is 18.4 Å². The lowest BCUT2D eigenvalue weighted by Gasteiger charge is -2.07. The molecule has 2 N–H and O–H groups in total. The van der Waals surface area contributed by atoms with Gasteiger partial charge < -0.3 is 10.6 Å². The Morgan fingerprint density at radius 3 is 3.00 bits per heavy atom. The molecule has 1 heterocycles. The molecule has 1 aromatic rings. The SMILES string of the molecule is CCNCCC(=O)Nc1cnccc1C. The first-order valence-corrected chi connectivity index (χ1v) is 5.15. The molecule has 1 aromatic heterocycles. The Labute approximate surface area is 90.1 Å². The zero-order valence-electron chi connectivity index (χ0n) is 9.21. The van der Waals surface area contributed by atoms with E-state index in [1.54, 1.807) is 12.4 Å². The lowest BCUT2D eigenvalue weighted by molar-refractivity contribution is -0.116. The Morgan fingerprint density at radius 1 is 1.53 bits per heavy atom. The number of pyridine rings is 1.